The third-order valence-corrected chi connectivity index (χ3v) is 8.78. The number of carbonyl (C=O) groups excluding carboxylic acids is 2. The maximum absolute atomic E-state index is 13.2. The molecule has 0 bridgehead atoms. The molecule has 1 atom stereocenters. The second-order valence-corrected chi connectivity index (χ2v) is 11.0. The summed E-state index contributed by atoms with van der Waals surface area (Å²) >= 11 is 12.1. The Balaban J connectivity index is 1.50. The highest BCUT2D eigenvalue weighted by atomic mass is 35.5. The molecule has 0 aromatic heterocycles. The van der Waals surface area contributed by atoms with Crippen molar-refractivity contribution in [3.8, 4) is 0 Å². The number of likely N-dealkylation sites (N-methyl/N-ethyl adjacent to an activating group) is 1. The zero-order chi connectivity index (χ0) is 25.3. The van der Waals surface area contributed by atoms with E-state index in [1.165, 1.54) is 16.3 Å². The van der Waals surface area contributed by atoms with Crippen LogP contribution in [0, 0.1) is 0 Å². The van der Waals surface area contributed by atoms with Crippen molar-refractivity contribution in [1.29, 1.82) is 0 Å². The van der Waals surface area contributed by atoms with E-state index in [0.29, 0.717) is 27.5 Å². The van der Waals surface area contributed by atoms with Crippen LogP contribution < -0.4 is 9.62 Å². The zero-order valence-electron chi connectivity index (χ0n) is 19.3. The number of anilines is 1. The van der Waals surface area contributed by atoms with Crippen molar-refractivity contribution in [2.24, 2.45) is 0 Å². The first-order chi connectivity index (χ1) is 16.6. The highest BCUT2D eigenvalue weighted by Crippen LogP contribution is 2.42. The second-order valence-electron chi connectivity index (χ2n) is 8.37. The Kier molecular flexibility index (Phi) is 7.26. The molecule has 0 saturated carbocycles. The normalized spacial score (nSPS) is 14.7. The van der Waals surface area contributed by atoms with Crippen LogP contribution >= 0.6 is 23.2 Å². The molecule has 0 fully saturated rings. The number of amides is 2. The third kappa shape index (κ3) is 4.83. The van der Waals surface area contributed by atoms with Crippen LogP contribution in [0.5, 0.6) is 0 Å². The van der Waals surface area contributed by atoms with E-state index in [1.807, 2.05) is 18.2 Å². The lowest BCUT2D eigenvalue weighted by molar-refractivity contribution is -0.140. The van der Waals surface area contributed by atoms with Crippen LogP contribution in [0.2, 0.25) is 10.0 Å². The van der Waals surface area contributed by atoms with Crippen molar-refractivity contribution in [3.63, 3.8) is 0 Å². The number of benzene rings is 3. The molecular formula is C25H25Cl2N3O4S. The van der Waals surface area contributed by atoms with E-state index in [2.05, 4.69) is 5.32 Å². The summed E-state index contributed by atoms with van der Waals surface area (Å²) in [5.74, 6) is -0.567. The molecule has 1 aliphatic rings. The smallest absolute Gasteiger partial charge is 0.265 e. The second kappa shape index (κ2) is 10.0. The van der Waals surface area contributed by atoms with Crippen molar-refractivity contribution in [2.75, 3.05) is 17.9 Å². The summed E-state index contributed by atoms with van der Waals surface area (Å²) in [6.45, 7) is 1.96. The summed E-state index contributed by atoms with van der Waals surface area (Å²) in [7, 11) is -2.18. The Morgan fingerprint density at radius 1 is 1.06 bits per heavy atom. The van der Waals surface area contributed by atoms with Crippen molar-refractivity contribution < 1.29 is 18.0 Å². The minimum absolute atomic E-state index is 0.0704. The lowest BCUT2D eigenvalue weighted by Crippen LogP contribution is -2.46. The number of hydrogen-bond donors (Lipinski definition) is 1. The largest absolute Gasteiger partial charge is 0.357 e. The Labute approximate surface area is 214 Å². The highest BCUT2D eigenvalue weighted by Gasteiger charge is 2.35. The van der Waals surface area contributed by atoms with Crippen molar-refractivity contribution in [3.05, 3.63) is 70.2 Å². The lowest BCUT2D eigenvalue weighted by Gasteiger charge is -2.29. The van der Waals surface area contributed by atoms with Gasteiger partial charge in [0.25, 0.3) is 10.0 Å². The molecular weight excluding hydrogens is 509 g/mol. The summed E-state index contributed by atoms with van der Waals surface area (Å²) in [6, 6.07) is 15.0. The van der Waals surface area contributed by atoms with Crippen molar-refractivity contribution in [2.45, 2.75) is 37.2 Å². The molecule has 3 aromatic rings. The van der Waals surface area contributed by atoms with Gasteiger partial charge in [-0.05, 0) is 48.6 Å². The Morgan fingerprint density at radius 3 is 2.46 bits per heavy atom. The van der Waals surface area contributed by atoms with E-state index in [4.69, 9.17) is 23.2 Å². The molecule has 7 nitrogen and oxygen atoms in total. The van der Waals surface area contributed by atoms with Crippen LogP contribution in [-0.2, 0) is 26.2 Å². The number of rotatable bonds is 8. The number of sulfonamides is 1. The topological polar surface area (TPSA) is 86.8 Å². The van der Waals surface area contributed by atoms with E-state index < -0.39 is 16.1 Å². The molecule has 2 amide bonds. The van der Waals surface area contributed by atoms with E-state index in [9.17, 15) is 18.0 Å². The predicted octanol–water partition coefficient (Wildman–Crippen LogP) is 4.60. The molecule has 3 aromatic carbocycles. The molecule has 35 heavy (non-hydrogen) atoms. The maximum atomic E-state index is 13.2. The fourth-order valence-electron chi connectivity index (χ4n) is 4.34. The van der Waals surface area contributed by atoms with Gasteiger partial charge in [-0.2, -0.15) is 0 Å². The Hall–Kier alpha value is -2.81. The molecule has 0 unspecified atom stereocenters. The van der Waals surface area contributed by atoms with Gasteiger partial charge in [-0.15, -0.1) is 0 Å². The van der Waals surface area contributed by atoms with E-state index in [1.54, 1.807) is 43.3 Å². The SMILES string of the molecule is CNC(=O)[C@H](C)N(Cc1ccc(Cl)c(Cl)c1)C(=O)CCCN1c2cccc3cccc(c23)S1(=O)=O. The van der Waals surface area contributed by atoms with Crippen LogP contribution in [0.4, 0.5) is 5.69 Å². The molecule has 0 aliphatic carbocycles. The predicted molar refractivity (Wildman–Crippen MR) is 138 cm³/mol. The number of nitrogens with zero attached hydrogens (tertiary/aromatic N) is 2. The molecule has 1 N–H and O–H groups in total. The van der Waals surface area contributed by atoms with Gasteiger partial charge in [0.05, 0.1) is 20.6 Å². The first-order valence-electron chi connectivity index (χ1n) is 11.1. The van der Waals surface area contributed by atoms with Gasteiger partial charge in [-0.25, -0.2) is 8.42 Å². The standard InChI is InChI=1S/C25H25Cl2N3O4S/c1-16(25(32)28-2)29(15-17-11-12-19(26)20(27)14-17)23(31)10-5-13-30-21-8-3-6-18-7-4-9-22(24(18)21)35(30,33)34/h3-4,6-9,11-12,14,16H,5,10,13,15H2,1-2H3,(H,28,32)/t16-/m0/s1. The Bertz CT molecular complexity index is 1410. The molecule has 1 heterocycles. The first kappa shape index (κ1) is 25.3. The molecule has 0 saturated heterocycles. The van der Waals surface area contributed by atoms with Crippen LogP contribution in [0.25, 0.3) is 10.8 Å². The van der Waals surface area contributed by atoms with Crippen LogP contribution in [0.15, 0.2) is 59.5 Å². The number of nitrogens with one attached hydrogen (secondary N) is 1. The van der Waals surface area contributed by atoms with Crippen LogP contribution in [-0.4, -0.2) is 44.8 Å². The zero-order valence-corrected chi connectivity index (χ0v) is 21.6. The van der Waals surface area contributed by atoms with Crippen molar-refractivity contribution >= 4 is 61.5 Å². The lowest BCUT2D eigenvalue weighted by atomic mass is 10.1. The van der Waals surface area contributed by atoms with Gasteiger partial charge in [-0.3, -0.25) is 13.9 Å². The quantitative estimate of drug-likeness (QED) is 0.458. The van der Waals surface area contributed by atoms with Gasteiger partial charge in [-0.1, -0.05) is 53.5 Å². The van der Waals surface area contributed by atoms with Crippen molar-refractivity contribution in [1.82, 2.24) is 10.2 Å². The summed E-state index contributed by atoms with van der Waals surface area (Å²) in [4.78, 5) is 27.3. The minimum atomic E-state index is -3.69. The van der Waals surface area contributed by atoms with E-state index in [0.717, 1.165) is 10.9 Å². The van der Waals surface area contributed by atoms with Gasteiger partial charge in [0.15, 0.2) is 0 Å². The number of halogens is 2. The van der Waals surface area contributed by atoms with Crippen LogP contribution in [0.3, 0.4) is 0 Å². The van der Waals surface area contributed by atoms with E-state index in [-0.39, 0.29) is 36.2 Å². The Morgan fingerprint density at radius 2 is 1.77 bits per heavy atom. The molecule has 10 heteroatoms. The number of carbonyl (C=O) groups is 2. The molecule has 4 rings (SSSR count). The molecule has 0 spiro atoms. The van der Waals surface area contributed by atoms with Crippen LogP contribution in [0.1, 0.15) is 25.3 Å². The first-order valence-corrected chi connectivity index (χ1v) is 13.3. The minimum Gasteiger partial charge on any atom is -0.357 e. The fraction of sp³-hybridized carbons (Fsp3) is 0.280. The average Bonchev–Trinajstić information content (AvgIpc) is 3.06. The third-order valence-electron chi connectivity index (χ3n) is 6.18. The number of hydrogen-bond acceptors (Lipinski definition) is 4. The molecule has 0 radical (unpaired) electrons. The highest BCUT2D eigenvalue weighted by molar-refractivity contribution is 7.93. The van der Waals surface area contributed by atoms with Gasteiger partial charge in [0.1, 0.15) is 6.04 Å². The molecule has 1 aliphatic heterocycles. The maximum Gasteiger partial charge on any atom is 0.265 e. The summed E-state index contributed by atoms with van der Waals surface area (Å²) in [5.41, 5.74) is 1.35. The molecule has 184 valence electrons. The summed E-state index contributed by atoms with van der Waals surface area (Å²) in [6.07, 6.45) is 0.363. The monoisotopic (exact) mass is 533 g/mol. The average molecular weight is 534 g/mol. The van der Waals surface area contributed by atoms with Gasteiger partial charge < -0.3 is 10.2 Å². The fourth-order valence-corrected chi connectivity index (χ4v) is 6.41. The van der Waals surface area contributed by atoms with Gasteiger partial charge in [0.2, 0.25) is 11.8 Å². The van der Waals surface area contributed by atoms with Gasteiger partial charge in [0, 0.05) is 31.9 Å². The summed E-state index contributed by atoms with van der Waals surface area (Å²) in [5, 5.41) is 4.89. The van der Waals surface area contributed by atoms with Gasteiger partial charge >= 0.3 is 0 Å². The van der Waals surface area contributed by atoms with E-state index >= 15 is 0 Å². The summed E-state index contributed by atoms with van der Waals surface area (Å²) < 4.78 is 27.7.